The van der Waals surface area contributed by atoms with Crippen LogP contribution in [0, 0.1) is 24.4 Å². The summed E-state index contributed by atoms with van der Waals surface area (Å²) in [6.07, 6.45) is 0. The lowest BCUT2D eigenvalue weighted by Gasteiger charge is -2.15. The van der Waals surface area contributed by atoms with E-state index in [1.54, 1.807) is 6.92 Å². The molecule has 0 spiro atoms. The van der Waals surface area contributed by atoms with E-state index < -0.39 is 17.5 Å². The summed E-state index contributed by atoms with van der Waals surface area (Å²) < 4.78 is 46.1. The van der Waals surface area contributed by atoms with Crippen molar-refractivity contribution < 1.29 is 17.9 Å². The smallest absolute Gasteiger partial charge is 0.165 e. The molecular formula is C22H22F3NO. The molecule has 0 bridgehead atoms. The first-order valence-corrected chi connectivity index (χ1v) is 8.72. The highest BCUT2D eigenvalue weighted by Crippen LogP contribution is 2.31. The lowest BCUT2D eigenvalue weighted by Crippen LogP contribution is -2.02. The minimum Gasteiger partial charge on any atom is -0.485 e. The summed E-state index contributed by atoms with van der Waals surface area (Å²) in [5.41, 5.74) is 2.37. The highest BCUT2D eigenvalue weighted by molar-refractivity contribution is 5.66. The van der Waals surface area contributed by atoms with Crippen molar-refractivity contribution in [2.45, 2.75) is 27.4 Å². The maximum atomic E-state index is 14.1. The van der Waals surface area contributed by atoms with Crippen molar-refractivity contribution in [1.29, 1.82) is 0 Å². The molecule has 0 heterocycles. The lowest BCUT2D eigenvalue weighted by molar-refractivity contribution is 0.288. The van der Waals surface area contributed by atoms with E-state index in [1.165, 1.54) is 18.2 Å². The van der Waals surface area contributed by atoms with Gasteiger partial charge in [0, 0.05) is 23.0 Å². The van der Waals surface area contributed by atoms with Crippen LogP contribution in [-0.2, 0) is 6.61 Å². The van der Waals surface area contributed by atoms with Crippen LogP contribution < -0.4 is 10.1 Å². The Balaban J connectivity index is 0.00000126. The standard InChI is InChI=1S/C20H16F3NO.C2H6/c1-13-19(24-15-7-8-16(21)18(23)11-15)10-9-17(22)20(13)25-12-14-5-3-2-4-6-14;1-2/h2-11,24H,12H2,1H3;1-2H3. The third-order valence-electron chi connectivity index (χ3n) is 3.78. The van der Waals surface area contributed by atoms with E-state index in [9.17, 15) is 13.2 Å². The van der Waals surface area contributed by atoms with Gasteiger partial charge in [0.1, 0.15) is 6.61 Å². The van der Waals surface area contributed by atoms with Gasteiger partial charge in [-0.15, -0.1) is 0 Å². The van der Waals surface area contributed by atoms with Gasteiger partial charge in [-0.05, 0) is 36.8 Å². The monoisotopic (exact) mass is 373 g/mol. The molecule has 0 fully saturated rings. The largest absolute Gasteiger partial charge is 0.485 e. The van der Waals surface area contributed by atoms with E-state index >= 15 is 0 Å². The minimum atomic E-state index is -0.953. The fraction of sp³-hybridized carbons (Fsp3) is 0.182. The number of halogens is 3. The van der Waals surface area contributed by atoms with Crippen LogP contribution in [0.2, 0.25) is 0 Å². The number of anilines is 2. The van der Waals surface area contributed by atoms with E-state index in [0.29, 0.717) is 16.9 Å². The van der Waals surface area contributed by atoms with Crippen LogP contribution in [0.15, 0.2) is 60.7 Å². The number of hydrogen-bond acceptors (Lipinski definition) is 2. The van der Waals surface area contributed by atoms with Gasteiger partial charge in [0.25, 0.3) is 0 Å². The van der Waals surface area contributed by atoms with Gasteiger partial charge >= 0.3 is 0 Å². The minimum absolute atomic E-state index is 0.122. The molecule has 0 unspecified atom stereocenters. The van der Waals surface area contributed by atoms with Crippen molar-refractivity contribution in [1.82, 2.24) is 0 Å². The fourth-order valence-corrected chi connectivity index (χ4v) is 2.43. The summed E-state index contributed by atoms with van der Waals surface area (Å²) in [5.74, 6) is -2.24. The SMILES string of the molecule is CC.Cc1c(Nc2ccc(F)c(F)c2)ccc(F)c1OCc1ccccc1. The van der Waals surface area contributed by atoms with Crippen molar-refractivity contribution in [3.63, 3.8) is 0 Å². The van der Waals surface area contributed by atoms with E-state index in [2.05, 4.69) is 5.32 Å². The Hall–Kier alpha value is -2.95. The molecule has 5 heteroatoms. The quantitative estimate of drug-likeness (QED) is 0.533. The average molecular weight is 373 g/mol. The predicted octanol–water partition coefficient (Wildman–Crippen LogP) is 6.76. The Morgan fingerprint density at radius 2 is 1.48 bits per heavy atom. The van der Waals surface area contributed by atoms with Crippen LogP contribution >= 0.6 is 0 Å². The first kappa shape index (κ1) is 20.4. The predicted molar refractivity (Wildman–Crippen MR) is 103 cm³/mol. The summed E-state index contributed by atoms with van der Waals surface area (Å²) in [4.78, 5) is 0. The lowest BCUT2D eigenvalue weighted by atomic mass is 10.1. The molecule has 3 aromatic carbocycles. The second-order valence-corrected chi connectivity index (χ2v) is 5.58. The maximum Gasteiger partial charge on any atom is 0.165 e. The van der Waals surface area contributed by atoms with E-state index in [0.717, 1.165) is 17.7 Å². The zero-order valence-corrected chi connectivity index (χ0v) is 15.5. The van der Waals surface area contributed by atoms with Crippen LogP contribution in [0.1, 0.15) is 25.0 Å². The number of nitrogens with one attached hydrogen (secondary N) is 1. The summed E-state index contributed by atoms with van der Waals surface area (Å²) in [6.45, 7) is 5.93. The van der Waals surface area contributed by atoms with Gasteiger partial charge in [-0.2, -0.15) is 0 Å². The number of ether oxygens (including phenoxy) is 1. The Morgan fingerprint density at radius 3 is 2.15 bits per heavy atom. The van der Waals surface area contributed by atoms with Gasteiger partial charge in [0.05, 0.1) is 0 Å². The van der Waals surface area contributed by atoms with Crippen molar-refractivity contribution >= 4 is 11.4 Å². The Morgan fingerprint density at radius 1 is 0.815 bits per heavy atom. The van der Waals surface area contributed by atoms with Crippen molar-refractivity contribution in [3.8, 4) is 5.75 Å². The summed E-state index contributed by atoms with van der Waals surface area (Å²) in [7, 11) is 0. The van der Waals surface area contributed by atoms with Crippen molar-refractivity contribution in [3.05, 3.63) is 89.2 Å². The summed E-state index contributed by atoms with van der Waals surface area (Å²) in [6, 6.07) is 15.7. The highest BCUT2D eigenvalue weighted by atomic mass is 19.2. The third-order valence-corrected chi connectivity index (χ3v) is 3.78. The third kappa shape index (κ3) is 5.26. The van der Waals surface area contributed by atoms with Gasteiger partial charge < -0.3 is 10.1 Å². The Bertz CT molecular complexity index is 882. The molecule has 142 valence electrons. The number of rotatable bonds is 5. The van der Waals surface area contributed by atoms with Crippen LogP contribution in [0.5, 0.6) is 5.75 Å². The second kappa shape index (κ2) is 9.67. The second-order valence-electron chi connectivity index (χ2n) is 5.58. The molecule has 27 heavy (non-hydrogen) atoms. The van der Waals surface area contributed by atoms with Crippen molar-refractivity contribution in [2.24, 2.45) is 0 Å². The average Bonchev–Trinajstić information content (AvgIpc) is 2.69. The summed E-state index contributed by atoms with van der Waals surface area (Å²) in [5, 5.41) is 2.95. The van der Waals surface area contributed by atoms with Gasteiger partial charge in [-0.3, -0.25) is 0 Å². The maximum absolute atomic E-state index is 14.1. The molecule has 0 aliphatic carbocycles. The molecule has 0 aliphatic heterocycles. The molecule has 0 saturated carbocycles. The zero-order chi connectivity index (χ0) is 19.8. The van der Waals surface area contributed by atoms with Crippen molar-refractivity contribution in [2.75, 3.05) is 5.32 Å². The molecule has 0 radical (unpaired) electrons. The Labute approximate surface area is 157 Å². The van der Waals surface area contributed by atoms with E-state index in [-0.39, 0.29) is 12.4 Å². The van der Waals surface area contributed by atoms with Gasteiger partial charge in [-0.25, -0.2) is 13.2 Å². The molecule has 3 aromatic rings. The van der Waals surface area contributed by atoms with Gasteiger partial charge in [0.2, 0.25) is 0 Å². The van der Waals surface area contributed by atoms with E-state index in [4.69, 9.17) is 4.74 Å². The van der Waals surface area contributed by atoms with Crippen LogP contribution in [0.25, 0.3) is 0 Å². The fourth-order valence-electron chi connectivity index (χ4n) is 2.43. The van der Waals surface area contributed by atoms with E-state index in [1.807, 2.05) is 44.2 Å². The first-order valence-electron chi connectivity index (χ1n) is 8.72. The molecular weight excluding hydrogens is 351 g/mol. The molecule has 0 amide bonds. The zero-order valence-electron chi connectivity index (χ0n) is 15.5. The summed E-state index contributed by atoms with van der Waals surface area (Å²) >= 11 is 0. The molecule has 0 atom stereocenters. The number of benzene rings is 3. The Kier molecular flexibility index (Phi) is 7.29. The molecule has 0 aliphatic rings. The van der Waals surface area contributed by atoms with Gasteiger partial charge in [-0.1, -0.05) is 44.2 Å². The highest BCUT2D eigenvalue weighted by Gasteiger charge is 2.13. The molecule has 3 rings (SSSR count). The molecule has 1 N–H and O–H groups in total. The van der Waals surface area contributed by atoms with Gasteiger partial charge in [0.15, 0.2) is 23.2 Å². The van der Waals surface area contributed by atoms with Crippen LogP contribution in [0.4, 0.5) is 24.5 Å². The molecule has 2 nitrogen and oxygen atoms in total. The number of hydrogen-bond donors (Lipinski definition) is 1. The molecule has 0 saturated heterocycles. The van der Waals surface area contributed by atoms with Crippen LogP contribution in [0.3, 0.4) is 0 Å². The topological polar surface area (TPSA) is 21.3 Å². The van der Waals surface area contributed by atoms with Crippen LogP contribution in [-0.4, -0.2) is 0 Å². The normalized spacial score (nSPS) is 10.0. The first-order chi connectivity index (χ1) is 13.0. The molecule has 0 aromatic heterocycles.